The molecule has 2 rings (SSSR count). The van der Waals surface area contributed by atoms with Crippen molar-refractivity contribution in [1.82, 2.24) is 5.32 Å². The lowest BCUT2D eigenvalue weighted by molar-refractivity contribution is -0.131. The van der Waals surface area contributed by atoms with Gasteiger partial charge in [-0.05, 0) is 13.0 Å². The molecule has 0 fully saturated rings. The van der Waals surface area contributed by atoms with Gasteiger partial charge < -0.3 is 15.2 Å². The maximum absolute atomic E-state index is 10.5. The fourth-order valence-electron chi connectivity index (χ4n) is 2.10. The summed E-state index contributed by atoms with van der Waals surface area (Å²) in [6.45, 7) is 3.08. The summed E-state index contributed by atoms with van der Waals surface area (Å²) in [6, 6.07) is 8.18. The first-order valence-electron chi connectivity index (χ1n) is 6.02. The van der Waals surface area contributed by atoms with E-state index >= 15 is 0 Å². The number of fused-ring (bicyclic) bond motifs is 1. The molecule has 0 aliphatic carbocycles. The molecule has 1 heterocycles. The van der Waals surface area contributed by atoms with Gasteiger partial charge in [0, 0.05) is 30.6 Å². The Balaban J connectivity index is 2.01. The fraction of sp³-hybridized carbons (Fsp3) is 0.357. The summed E-state index contributed by atoms with van der Waals surface area (Å²) < 4.78 is 5.58. The highest BCUT2D eigenvalue weighted by Gasteiger charge is 2.20. The lowest BCUT2D eigenvalue weighted by Crippen LogP contribution is -2.28. The molecule has 0 radical (unpaired) electrons. The topological polar surface area (TPSA) is 58.6 Å². The molecule has 0 saturated carbocycles. The minimum atomic E-state index is -0.901. The molecule has 0 bridgehead atoms. The predicted octanol–water partition coefficient (Wildman–Crippen LogP) is 2.13. The molecule has 1 atom stereocenters. The molecule has 0 spiro atoms. The summed E-state index contributed by atoms with van der Waals surface area (Å²) in [5.74, 6) is 0.0165. The Labute approximate surface area is 106 Å². The zero-order chi connectivity index (χ0) is 13.0. The zero-order valence-corrected chi connectivity index (χ0v) is 10.3. The van der Waals surface area contributed by atoms with Crippen molar-refractivity contribution in [3.63, 3.8) is 0 Å². The highest BCUT2D eigenvalue weighted by Crippen LogP contribution is 2.31. The van der Waals surface area contributed by atoms with E-state index in [0.717, 1.165) is 23.3 Å². The molecule has 1 aromatic rings. The molecule has 4 heteroatoms. The van der Waals surface area contributed by atoms with Gasteiger partial charge in [0.15, 0.2) is 0 Å². The number of carboxylic acid groups (broad SMARTS) is 1. The van der Waals surface area contributed by atoms with Crippen molar-refractivity contribution in [1.29, 1.82) is 0 Å². The number of hydrogen-bond donors (Lipinski definition) is 2. The molecular weight excluding hydrogens is 230 g/mol. The van der Waals surface area contributed by atoms with Gasteiger partial charge in [-0.15, -0.1) is 0 Å². The summed E-state index contributed by atoms with van der Waals surface area (Å²) in [6.07, 6.45) is 2.13. The van der Waals surface area contributed by atoms with Gasteiger partial charge in [-0.3, -0.25) is 0 Å². The smallest absolute Gasteiger partial charge is 0.328 e. The highest BCUT2D eigenvalue weighted by molar-refractivity contribution is 5.80. The third kappa shape index (κ3) is 3.11. The van der Waals surface area contributed by atoms with Crippen LogP contribution in [0.3, 0.4) is 0 Å². The number of aliphatic carboxylic acids is 1. The Kier molecular flexibility index (Phi) is 3.99. The van der Waals surface area contributed by atoms with Crippen LogP contribution in [0.25, 0.3) is 0 Å². The van der Waals surface area contributed by atoms with Gasteiger partial charge in [0.05, 0.1) is 6.61 Å². The zero-order valence-electron chi connectivity index (χ0n) is 10.3. The largest absolute Gasteiger partial charge is 0.493 e. The Bertz CT molecular complexity index is 468. The maximum Gasteiger partial charge on any atom is 0.328 e. The second-order valence-electron chi connectivity index (χ2n) is 4.44. The number of rotatable bonds is 4. The molecule has 4 nitrogen and oxygen atoms in total. The van der Waals surface area contributed by atoms with E-state index < -0.39 is 5.97 Å². The molecule has 18 heavy (non-hydrogen) atoms. The lowest BCUT2D eigenvalue weighted by Gasteiger charge is -2.26. The van der Waals surface area contributed by atoms with Crippen LogP contribution < -0.4 is 10.1 Å². The van der Waals surface area contributed by atoms with Crippen molar-refractivity contribution >= 4 is 5.97 Å². The van der Waals surface area contributed by atoms with Crippen LogP contribution in [0.1, 0.15) is 24.9 Å². The van der Waals surface area contributed by atoms with E-state index in [-0.39, 0.29) is 6.04 Å². The van der Waals surface area contributed by atoms with E-state index in [2.05, 4.69) is 5.32 Å². The van der Waals surface area contributed by atoms with Crippen LogP contribution in [-0.4, -0.2) is 24.2 Å². The third-order valence-electron chi connectivity index (χ3n) is 2.96. The van der Waals surface area contributed by atoms with E-state index in [1.807, 2.05) is 31.2 Å². The average Bonchev–Trinajstić information content (AvgIpc) is 2.35. The molecule has 2 N–H and O–H groups in total. The first kappa shape index (κ1) is 12.6. The van der Waals surface area contributed by atoms with Gasteiger partial charge in [-0.2, -0.15) is 0 Å². The molecule has 1 unspecified atom stereocenters. The van der Waals surface area contributed by atoms with Crippen LogP contribution in [0.2, 0.25) is 0 Å². The van der Waals surface area contributed by atoms with E-state index in [4.69, 9.17) is 9.84 Å². The summed E-state index contributed by atoms with van der Waals surface area (Å²) in [5, 5.41) is 12.0. The van der Waals surface area contributed by atoms with Crippen molar-refractivity contribution < 1.29 is 14.6 Å². The number of carbonyl (C=O) groups is 1. The number of benzene rings is 1. The van der Waals surface area contributed by atoms with E-state index in [9.17, 15) is 4.79 Å². The van der Waals surface area contributed by atoms with E-state index in [0.29, 0.717) is 13.2 Å². The Hall–Kier alpha value is -1.81. The molecule has 96 valence electrons. The van der Waals surface area contributed by atoms with Crippen molar-refractivity contribution in [2.75, 3.05) is 13.2 Å². The average molecular weight is 247 g/mol. The summed E-state index contributed by atoms with van der Waals surface area (Å²) in [7, 11) is 0. The van der Waals surface area contributed by atoms with Crippen LogP contribution in [0, 0.1) is 0 Å². The van der Waals surface area contributed by atoms with Crippen LogP contribution in [-0.2, 0) is 4.79 Å². The molecule has 1 aromatic carbocycles. The maximum atomic E-state index is 10.5. The van der Waals surface area contributed by atoms with Crippen molar-refractivity contribution in [3.05, 3.63) is 41.5 Å². The van der Waals surface area contributed by atoms with Crippen LogP contribution in [0.15, 0.2) is 35.9 Å². The number of hydrogen-bond acceptors (Lipinski definition) is 3. The second kappa shape index (κ2) is 5.69. The summed E-state index contributed by atoms with van der Waals surface area (Å²) in [4.78, 5) is 10.5. The van der Waals surface area contributed by atoms with Gasteiger partial charge in [-0.25, -0.2) is 4.79 Å². The molecule has 0 saturated heterocycles. The Morgan fingerprint density at radius 3 is 3.11 bits per heavy atom. The van der Waals surface area contributed by atoms with Gasteiger partial charge in [0.2, 0.25) is 0 Å². The number of para-hydroxylation sites is 1. The minimum Gasteiger partial charge on any atom is -0.493 e. The number of carboxylic acids is 1. The monoisotopic (exact) mass is 247 g/mol. The first-order chi connectivity index (χ1) is 8.66. The normalized spacial score (nSPS) is 18.9. The van der Waals surface area contributed by atoms with Crippen molar-refractivity contribution in [2.45, 2.75) is 19.4 Å². The second-order valence-corrected chi connectivity index (χ2v) is 4.44. The molecule has 1 aliphatic rings. The molecule has 0 amide bonds. The van der Waals surface area contributed by atoms with Gasteiger partial charge in [0.1, 0.15) is 5.75 Å². The summed E-state index contributed by atoms with van der Waals surface area (Å²) in [5.41, 5.74) is 1.96. The molecular formula is C14H17NO3. The van der Waals surface area contributed by atoms with Crippen LogP contribution in [0.4, 0.5) is 0 Å². The van der Waals surface area contributed by atoms with Gasteiger partial charge in [0.25, 0.3) is 0 Å². The van der Waals surface area contributed by atoms with E-state index in [1.54, 1.807) is 0 Å². The van der Waals surface area contributed by atoms with Crippen LogP contribution >= 0.6 is 0 Å². The van der Waals surface area contributed by atoms with Gasteiger partial charge in [-0.1, -0.05) is 23.8 Å². The minimum absolute atomic E-state index is 0.229. The number of ether oxygens (including phenoxy) is 1. The Morgan fingerprint density at radius 1 is 1.56 bits per heavy atom. The van der Waals surface area contributed by atoms with Crippen LogP contribution in [0.5, 0.6) is 5.75 Å². The first-order valence-corrected chi connectivity index (χ1v) is 6.02. The fourth-order valence-corrected chi connectivity index (χ4v) is 2.10. The summed E-state index contributed by atoms with van der Waals surface area (Å²) >= 11 is 0. The predicted molar refractivity (Wildman–Crippen MR) is 68.7 cm³/mol. The van der Waals surface area contributed by atoms with Crippen molar-refractivity contribution in [3.8, 4) is 5.75 Å². The quantitative estimate of drug-likeness (QED) is 0.800. The highest BCUT2D eigenvalue weighted by atomic mass is 16.5. The van der Waals surface area contributed by atoms with Gasteiger partial charge >= 0.3 is 5.97 Å². The molecule has 1 aliphatic heterocycles. The third-order valence-corrected chi connectivity index (χ3v) is 2.96. The number of nitrogens with one attached hydrogen (secondary N) is 1. The Morgan fingerprint density at radius 2 is 2.33 bits per heavy atom. The standard InChI is InChI=1S/C14H17NO3/c1-10(8-14(16)17)9-15-12-6-7-18-13-5-3-2-4-11(12)13/h2-5,8,12,15H,6-7,9H2,1H3,(H,16,17)/b10-8-. The van der Waals surface area contributed by atoms with E-state index in [1.165, 1.54) is 6.08 Å². The molecule has 0 aromatic heterocycles. The SMILES string of the molecule is C/C(=C/C(=O)O)CNC1CCOc2ccccc21. The van der Waals surface area contributed by atoms with Crippen molar-refractivity contribution in [2.24, 2.45) is 0 Å². The lowest BCUT2D eigenvalue weighted by atomic mass is 10.0.